The highest BCUT2D eigenvalue weighted by atomic mass is 79.9. The van der Waals surface area contributed by atoms with Crippen LogP contribution in [0.2, 0.25) is 0 Å². The first-order valence-electron chi connectivity index (χ1n) is 7.79. The number of carbonyl (C=O) groups is 2. The van der Waals surface area contributed by atoms with Gasteiger partial charge >= 0.3 is 0 Å². The normalized spacial score (nSPS) is 18.8. The van der Waals surface area contributed by atoms with Crippen LogP contribution in [0.3, 0.4) is 0 Å². The summed E-state index contributed by atoms with van der Waals surface area (Å²) in [4.78, 5) is 28.5. The van der Waals surface area contributed by atoms with E-state index >= 15 is 0 Å². The van der Waals surface area contributed by atoms with Crippen molar-refractivity contribution in [1.29, 1.82) is 0 Å². The van der Waals surface area contributed by atoms with E-state index in [1.807, 2.05) is 43.3 Å². The summed E-state index contributed by atoms with van der Waals surface area (Å²) in [6, 6.07) is 11.2. The largest absolute Gasteiger partial charge is 0.350 e. The van der Waals surface area contributed by atoms with Crippen LogP contribution in [-0.2, 0) is 16.1 Å². The Labute approximate surface area is 149 Å². The smallest absolute Gasteiger partial charge is 0.228 e. The van der Waals surface area contributed by atoms with E-state index in [2.05, 4.69) is 31.5 Å². The van der Waals surface area contributed by atoms with Gasteiger partial charge in [0.15, 0.2) is 0 Å². The quantitative estimate of drug-likeness (QED) is 0.827. The Kier molecular flexibility index (Phi) is 4.94. The van der Waals surface area contributed by atoms with Crippen molar-refractivity contribution < 1.29 is 9.59 Å². The number of rotatable bonds is 5. The number of pyridine rings is 1. The van der Waals surface area contributed by atoms with E-state index in [9.17, 15) is 9.59 Å². The third-order valence-corrected chi connectivity index (χ3v) is 4.93. The first-order chi connectivity index (χ1) is 11.5. The molecule has 0 aliphatic heterocycles. The summed E-state index contributed by atoms with van der Waals surface area (Å²) in [7, 11) is 0. The zero-order chi connectivity index (χ0) is 17.1. The van der Waals surface area contributed by atoms with Crippen molar-refractivity contribution >= 4 is 33.4 Å². The summed E-state index contributed by atoms with van der Waals surface area (Å²) in [5.41, 5.74) is 2.64. The number of hydrogen-bond donors (Lipinski definition) is 2. The highest BCUT2D eigenvalue weighted by molar-refractivity contribution is 9.10. The summed E-state index contributed by atoms with van der Waals surface area (Å²) in [6.45, 7) is 2.37. The zero-order valence-electron chi connectivity index (χ0n) is 13.3. The van der Waals surface area contributed by atoms with E-state index < -0.39 is 0 Å². The fourth-order valence-electron chi connectivity index (χ4n) is 2.49. The fraction of sp³-hybridized carbons (Fsp3) is 0.278. The van der Waals surface area contributed by atoms with Crippen molar-refractivity contribution in [2.75, 3.05) is 5.32 Å². The third-order valence-electron chi connectivity index (χ3n) is 4.07. The van der Waals surface area contributed by atoms with Crippen LogP contribution in [0.15, 0.2) is 47.1 Å². The molecule has 0 bridgehead atoms. The summed E-state index contributed by atoms with van der Waals surface area (Å²) in [5, 5.41) is 5.71. The van der Waals surface area contributed by atoms with Crippen LogP contribution in [0, 0.1) is 18.8 Å². The lowest BCUT2D eigenvalue weighted by Crippen LogP contribution is -2.27. The summed E-state index contributed by atoms with van der Waals surface area (Å²) < 4.78 is 0.945. The molecule has 2 amide bonds. The molecular formula is C18H18BrN3O2. The van der Waals surface area contributed by atoms with E-state index in [1.165, 1.54) is 0 Å². The number of aromatic nitrogens is 1. The Bertz CT molecular complexity index is 764. The van der Waals surface area contributed by atoms with Crippen molar-refractivity contribution in [1.82, 2.24) is 10.3 Å². The average molecular weight is 388 g/mol. The zero-order valence-corrected chi connectivity index (χ0v) is 14.8. The molecule has 0 radical (unpaired) electrons. The average Bonchev–Trinajstić information content (AvgIpc) is 3.38. The maximum Gasteiger partial charge on any atom is 0.228 e. The number of halogens is 1. The van der Waals surface area contributed by atoms with Crippen LogP contribution in [0.4, 0.5) is 5.69 Å². The van der Waals surface area contributed by atoms with E-state index in [0.717, 1.165) is 21.4 Å². The van der Waals surface area contributed by atoms with Crippen molar-refractivity contribution in [3.05, 3.63) is 58.3 Å². The third kappa shape index (κ3) is 4.00. The molecule has 2 unspecified atom stereocenters. The molecular weight excluding hydrogens is 370 g/mol. The van der Waals surface area contributed by atoms with Crippen molar-refractivity contribution in [2.45, 2.75) is 19.9 Å². The van der Waals surface area contributed by atoms with E-state index in [1.54, 1.807) is 6.20 Å². The van der Waals surface area contributed by atoms with Gasteiger partial charge < -0.3 is 10.6 Å². The Morgan fingerprint density at radius 1 is 1.21 bits per heavy atom. The van der Waals surface area contributed by atoms with E-state index in [4.69, 9.17) is 0 Å². The minimum Gasteiger partial charge on any atom is -0.350 e. The van der Waals surface area contributed by atoms with E-state index in [0.29, 0.717) is 13.0 Å². The highest BCUT2D eigenvalue weighted by Crippen LogP contribution is 2.39. The van der Waals surface area contributed by atoms with Crippen LogP contribution in [0.25, 0.3) is 0 Å². The molecule has 1 heterocycles. The molecule has 1 aromatic carbocycles. The first-order valence-corrected chi connectivity index (χ1v) is 8.58. The molecule has 5 nitrogen and oxygen atoms in total. The van der Waals surface area contributed by atoms with Crippen LogP contribution < -0.4 is 10.6 Å². The van der Waals surface area contributed by atoms with Gasteiger partial charge in [0, 0.05) is 16.4 Å². The maximum atomic E-state index is 12.2. The molecule has 1 saturated carbocycles. The lowest BCUT2D eigenvalue weighted by molar-refractivity contribution is -0.125. The van der Waals surface area contributed by atoms with Gasteiger partial charge in [0.25, 0.3) is 0 Å². The van der Waals surface area contributed by atoms with Gasteiger partial charge in [-0.2, -0.15) is 0 Å². The van der Waals surface area contributed by atoms with Gasteiger partial charge in [-0.15, -0.1) is 0 Å². The molecule has 124 valence electrons. The van der Waals surface area contributed by atoms with Crippen LogP contribution in [0.5, 0.6) is 0 Å². The molecule has 1 aromatic heterocycles. The number of nitrogens with one attached hydrogen (secondary N) is 2. The molecule has 2 N–H and O–H groups in total. The van der Waals surface area contributed by atoms with Gasteiger partial charge in [0.2, 0.25) is 11.8 Å². The second kappa shape index (κ2) is 7.13. The number of hydrogen-bond acceptors (Lipinski definition) is 3. The first kappa shape index (κ1) is 16.6. The van der Waals surface area contributed by atoms with Gasteiger partial charge in [-0.05, 0) is 43.2 Å². The minimum absolute atomic E-state index is 0.0918. The number of aryl methyl sites for hydroxylation is 1. The number of amides is 2. The number of benzene rings is 1. The van der Waals surface area contributed by atoms with Gasteiger partial charge in [0.1, 0.15) is 0 Å². The lowest BCUT2D eigenvalue weighted by Gasteiger charge is -2.07. The van der Waals surface area contributed by atoms with Crippen LogP contribution in [-0.4, -0.2) is 16.8 Å². The second-order valence-corrected chi connectivity index (χ2v) is 6.80. The molecule has 0 spiro atoms. The maximum absolute atomic E-state index is 12.2. The predicted molar refractivity (Wildman–Crippen MR) is 95.2 cm³/mol. The van der Waals surface area contributed by atoms with E-state index in [-0.39, 0.29) is 23.7 Å². The highest BCUT2D eigenvalue weighted by Gasteiger charge is 2.47. The molecule has 1 aliphatic carbocycles. The Morgan fingerprint density at radius 2 is 2.00 bits per heavy atom. The van der Waals surface area contributed by atoms with Crippen molar-refractivity contribution in [3.63, 3.8) is 0 Å². The van der Waals surface area contributed by atoms with Crippen molar-refractivity contribution in [3.8, 4) is 0 Å². The lowest BCUT2D eigenvalue weighted by atomic mass is 10.2. The molecule has 3 rings (SSSR count). The Morgan fingerprint density at radius 3 is 2.71 bits per heavy atom. The number of carbonyl (C=O) groups excluding carboxylic acids is 2. The molecule has 24 heavy (non-hydrogen) atoms. The summed E-state index contributed by atoms with van der Waals surface area (Å²) in [6.07, 6.45) is 2.28. The van der Waals surface area contributed by atoms with Crippen LogP contribution in [0.1, 0.15) is 17.7 Å². The number of anilines is 1. The Hall–Kier alpha value is -2.21. The molecule has 6 heteroatoms. The molecule has 0 saturated heterocycles. The molecule has 1 fully saturated rings. The topological polar surface area (TPSA) is 71.1 Å². The molecule has 1 aliphatic rings. The molecule has 2 atom stereocenters. The second-order valence-electron chi connectivity index (χ2n) is 5.94. The van der Waals surface area contributed by atoms with Crippen LogP contribution >= 0.6 is 15.9 Å². The predicted octanol–water partition coefficient (Wildman–Crippen LogP) is 3.04. The summed E-state index contributed by atoms with van der Waals surface area (Å²) in [5.74, 6) is -0.703. The molecule has 2 aromatic rings. The minimum atomic E-state index is -0.256. The Balaban J connectivity index is 1.49. The van der Waals surface area contributed by atoms with Gasteiger partial charge in [0.05, 0.1) is 24.1 Å². The number of nitrogens with zero attached hydrogens (tertiary/aromatic N) is 1. The fourth-order valence-corrected chi connectivity index (χ4v) is 2.87. The van der Waals surface area contributed by atoms with Gasteiger partial charge in [-0.3, -0.25) is 14.6 Å². The van der Waals surface area contributed by atoms with Crippen molar-refractivity contribution in [2.24, 2.45) is 11.8 Å². The monoisotopic (exact) mass is 387 g/mol. The van der Waals surface area contributed by atoms with Gasteiger partial charge in [-0.25, -0.2) is 0 Å². The standard InChI is InChI=1S/C18H18BrN3O2/c1-11-5-6-12(8-16(11)19)22-18(24)15-9-14(15)17(23)21-10-13-4-2-3-7-20-13/h2-8,14-15H,9-10H2,1H3,(H,21,23)(H,22,24). The SMILES string of the molecule is Cc1ccc(NC(=O)C2CC2C(=O)NCc2ccccn2)cc1Br. The summed E-state index contributed by atoms with van der Waals surface area (Å²) >= 11 is 3.45. The van der Waals surface area contributed by atoms with Gasteiger partial charge in [-0.1, -0.05) is 28.1 Å².